The summed E-state index contributed by atoms with van der Waals surface area (Å²) >= 11 is 0. The van der Waals surface area contributed by atoms with Crippen LogP contribution >= 0.6 is 0 Å². The molecule has 6 heteroatoms. The predicted octanol–water partition coefficient (Wildman–Crippen LogP) is -1.42. The van der Waals surface area contributed by atoms with E-state index in [0.717, 1.165) is 26.2 Å². The topological polar surface area (TPSA) is 55.9 Å². The molecule has 0 spiro atoms. The van der Waals surface area contributed by atoms with Gasteiger partial charge >= 0.3 is 11.8 Å². The van der Waals surface area contributed by atoms with Crippen molar-refractivity contribution in [3.05, 3.63) is 0 Å². The van der Waals surface area contributed by atoms with Crippen molar-refractivity contribution in [1.82, 2.24) is 20.0 Å². The van der Waals surface area contributed by atoms with Crippen molar-refractivity contribution < 1.29 is 9.59 Å². The van der Waals surface area contributed by atoms with Gasteiger partial charge in [-0.2, -0.15) is 0 Å². The van der Waals surface area contributed by atoms with Gasteiger partial charge in [-0.1, -0.05) is 0 Å². The molecule has 2 amide bonds. The zero-order valence-electron chi connectivity index (χ0n) is 11.2. The summed E-state index contributed by atoms with van der Waals surface area (Å²) in [6.07, 6.45) is 0. The lowest BCUT2D eigenvalue weighted by molar-refractivity contribution is -0.154. The van der Waals surface area contributed by atoms with Crippen molar-refractivity contribution in [2.75, 3.05) is 52.9 Å². The molecule has 1 N–H and O–H groups in total. The Morgan fingerprint density at radius 3 is 2.33 bits per heavy atom. The number of amides is 2. The third-order valence-electron chi connectivity index (χ3n) is 3.68. The molecule has 0 saturated carbocycles. The van der Waals surface area contributed by atoms with E-state index in [4.69, 9.17) is 0 Å². The average molecular weight is 254 g/mol. The zero-order valence-corrected chi connectivity index (χ0v) is 11.2. The van der Waals surface area contributed by atoms with Gasteiger partial charge in [-0.05, 0) is 14.0 Å². The largest absolute Gasteiger partial charge is 0.332 e. The van der Waals surface area contributed by atoms with Crippen LogP contribution in [0.5, 0.6) is 0 Å². The van der Waals surface area contributed by atoms with Gasteiger partial charge in [0, 0.05) is 51.9 Å². The first-order valence-electron chi connectivity index (χ1n) is 6.58. The first kappa shape index (κ1) is 13.3. The van der Waals surface area contributed by atoms with Crippen LogP contribution in [0.15, 0.2) is 0 Å². The molecule has 6 nitrogen and oxygen atoms in total. The second-order valence-corrected chi connectivity index (χ2v) is 5.15. The van der Waals surface area contributed by atoms with Gasteiger partial charge in [0.05, 0.1) is 0 Å². The van der Waals surface area contributed by atoms with Crippen LogP contribution in [0.3, 0.4) is 0 Å². The lowest BCUT2D eigenvalue weighted by Crippen LogP contribution is -2.58. The highest BCUT2D eigenvalue weighted by Crippen LogP contribution is 2.09. The Bertz CT molecular complexity index is 328. The zero-order chi connectivity index (χ0) is 13.1. The first-order chi connectivity index (χ1) is 8.59. The van der Waals surface area contributed by atoms with Gasteiger partial charge in [-0.3, -0.25) is 9.59 Å². The Kier molecular flexibility index (Phi) is 4.19. The number of carbonyl (C=O) groups is 2. The lowest BCUT2D eigenvalue weighted by atomic mass is 10.2. The SMILES string of the molecule is CC1CN(C)CCN1C(=O)C(=O)N1CCNCC1. The van der Waals surface area contributed by atoms with Crippen LogP contribution in [0.1, 0.15) is 6.92 Å². The van der Waals surface area contributed by atoms with E-state index in [1.165, 1.54) is 0 Å². The summed E-state index contributed by atoms with van der Waals surface area (Å²) in [6, 6.07) is 0.114. The van der Waals surface area contributed by atoms with E-state index >= 15 is 0 Å². The summed E-state index contributed by atoms with van der Waals surface area (Å²) in [6.45, 7) is 7.13. The number of rotatable bonds is 0. The molecule has 2 aliphatic heterocycles. The van der Waals surface area contributed by atoms with Crippen LogP contribution in [-0.2, 0) is 9.59 Å². The average Bonchev–Trinajstić information content (AvgIpc) is 2.38. The minimum absolute atomic E-state index is 0.114. The molecule has 18 heavy (non-hydrogen) atoms. The van der Waals surface area contributed by atoms with E-state index in [1.54, 1.807) is 9.80 Å². The number of likely N-dealkylation sites (N-methyl/N-ethyl adjacent to an activating group) is 1. The maximum Gasteiger partial charge on any atom is 0.312 e. The summed E-state index contributed by atoms with van der Waals surface area (Å²) in [4.78, 5) is 29.9. The molecule has 0 radical (unpaired) electrons. The van der Waals surface area contributed by atoms with Crippen LogP contribution in [-0.4, -0.2) is 85.4 Å². The molecule has 102 valence electrons. The van der Waals surface area contributed by atoms with Gasteiger partial charge in [0.15, 0.2) is 0 Å². The fraction of sp³-hybridized carbons (Fsp3) is 0.833. The third kappa shape index (κ3) is 2.81. The molecule has 0 aromatic heterocycles. The summed E-state index contributed by atoms with van der Waals surface area (Å²) in [7, 11) is 2.04. The molecule has 0 bridgehead atoms. The van der Waals surface area contributed by atoms with Crippen molar-refractivity contribution in [2.24, 2.45) is 0 Å². The van der Waals surface area contributed by atoms with E-state index in [2.05, 4.69) is 10.2 Å². The maximum atomic E-state index is 12.2. The Balaban J connectivity index is 1.95. The van der Waals surface area contributed by atoms with Crippen molar-refractivity contribution in [1.29, 1.82) is 0 Å². The highest BCUT2D eigenvalue weighted by Gasteiger charge is 2.32. The van der Waals surface area contributed by atoms with Gasteiger partial charge in [0.25, 0.3) is 0 Å². The standard InChI is InChI=1S/C12H22N4O2/c1-10-9-14(2)7-8-16(10)12(18)11(17)15-5-3-13-4-6-15/h10,13H,3-9H2,1-2H3. The smallest absolute Gasteiger partial charge is 0.312 e. The quantitative estimate of drug-likeness (QED) is 0.539. The Hall–Kier alpha value is -1.14. The first-order valence-corrected chi connectivity index (χ1v) is 6.58. The van der Waals surface area contributed by atoms with Crippen LogP contribution in [0, 0.1) is 0 Å². The molecular weight excluding hydrogens is 232 g/mol. The molecular formula is C12H22N4O2. The van der Waals surface area contributed by atoms with E-state index < -0.39 is 0 Å². The Morgan fingerprint density at radius 2 is 1.72 bits per heavy atom. The maximum absolute atomic E-state index is 12.2. The highest BCUT2D eigenvalue weighted by atomic mass is 16.2. The lowest BCUT2D eigenvalue weighted by Gasteiger charge is -2.39. The minimum Gasteiger partial charge on any atom is -0.332 e. The Morgan fingerprint density at radius 1 is 1.06 bits per heavy atom. The molecule has 0 aromatic rings. The summed E-state index contributed by atoms with van der Waals surface area (Å²) in [5, 5.41) is 3.18. The predicted molar refractivity (Wildman–Crippen MR) is 68.1 cm³/mol. The van der Waals surface area contributed by atoms with Gasteiger partial charge in [-0.15, -0.1) is 0 Å². The van der Waals surface area contributed by atoms with E-state index in [9.17, 15) is 9.59 Å². The van der Waals surface area contributed by atoms with Crippen LogP contribution in [0.2, 0.25) is 0 Å². The molecule has 1 unspecified atom stereocenters. The van der Waals surface area contributed by atoms with Crippen molar-refractivity contribution in [3.63, 3.8) is 0 Å². The van der Waals surface area contributed by atoms with Crippen molar-refractivity contribution in [3.8, 4) is 0 Å². The fourth-order valence-electron chi connectivity index (χ4n) is 2.57. The molecule has 0 aliphatic carbocycles. The normalized spacial score (nSPS) is 26.2. The third-order valence-corrected chi connectivity index (χ3v) is 3.68. The van der Waals surface area contributed by atoms with Crippen LogP contribution < -0.4 is 5.32 Å². The molecule has 0 aromatic carbocycles. The van der Waals surface area contributed by atoms with Crippen molar-refractivity contribution in [2.45, 2.75) is 13.0 Å². The monoisotopic (exact) mass is 254 g/mol. The molecule has 1 atom stereocenters. The second kappa shape index (κ2) is 5.67. The van der Waals surface area contributed by atoms with Gasteiger partial charge in [0.2, 0.25) is 0 Å². The summed E-state index contributed by atoms with van der Waals surface area (Å²) in [5.41, 5.74) is 0. The number of hydrogen-bond donors (Lipinski definition) is 1. The number of nitrogens with one attached hydrogen (secondary N) is 1. The molecule has 2 aliphatic rings. The van der Waals surface area contributed by atoms with E-state index in [-0.39, 0.29) is 17.9 Å². The molecule has 2 heterocycles. The molecule has 2 saturated heterocycles. The number of piperazine rings is 2. The van der Waals surface area contributed by atoms with E-state index in [1.807, 2.05) is 14.0 Å². The van der Waals surface area contributed by atoms with Gasteiger partial charge < -0.3 is 20.0 Å². The van der Waals surface area contributed by atoms with Crippen LogP contribution in [0.4, 0.5) is 0 Å². The second-order valence-electron chi connectivity index (χ2n) is 5.15. The summed E-state index contributed by atoms with van der Waals surface area (Å²) < 4.78 is 0. The number of carbonyl (C=O) groups excluding carboxylic acids is 2. The Labute approximate surface area is 108 Å². The van der Waals surface area contributed by atoms with E-state index in [0.29, 0.717) is 19.6 Å². The van der Waals surface area contributed by atoms with Gasteiger partial charge in [0.1, 0.15) is 0 Å². The van der Waals surface area contributed by atoms with Crippen LogP contribution in [0.25, 0.3) is 0 Å². The number of hydrogen-bond acceptors (Lipinski definition) is 4. The van der Waals surface area contributed by atoms with Gasteiger partial charge in [-0.25, -0.2) is 0 Å². The van der Waals surface area contributed by atoms with Crippen molar-refractivity contribution >= 4 is 11.8 Å². The highest BCUT2D eigenvalue weighted by molar-refractivity contribution is 6.35. The summed E-state index contributed by atoms with van der Waals surface area (Å²) in [5.74, 6) is -0.676. The molecule has 2 rings (SSSR count). The number of nitrogens with zero attached hydrogens (tertiary/aromatic N) is 3. The minimum atomic E-state index is -0.340. The molecule has 2 fully saturated rings. The fourth-order valence-corrected chi connectivity index (χ4v) is 2.57.